The average molecular weight is 289 g/mol. The van der Waals surface area contributed by atoms with Gasteiger partial charge in [-0.25, -0.2) is 0 Å². The van der Waals surface area contributed by atoms with Gasteiger partial charge in [-0.3, -0.25) is 4.79 Å². The lowest BCUT2D eigenvalue weighted by Crippen LogP contribution is -2.20. The van der Waals surface area contributed by atoms with Crippen LogP contribution in [0.25, 0.3) is 0 Å². The molecule has 0 bridgehead atoms. The summed E-state index contributed by atoms with van der Waals surface area (Å²) in [5.74, 6) is 0.483. The Morgan fingerprint density at radius 1 is 1.44 bits per heavy atom. The van der Waals surface area contributed by atoms with Gasteiger partial charge < -0.3 is 10.2 Å². The Bertz CT molecular complexity index is 402. The van der Waals surface area contributed by atoms with Crippen molar-refractivity contribution in [2.45, 2.75) is 32.5 Å². The molecule has 0 radical (unpaired) electrons. The molecule has 0 amide bonds. The second kappa shape index (κ2) is 7.14. The molecule has 2 unspecified atom stereocenters. The van der Waals surface area contributed by atoms with Crippen LogP contribution in [0.15, 0.2) is 18.2 Å². The summed E-state index contributed by atoms with van der Waals surface area (Å²) >= 11 is 7.16. The molecule has 0 fully saturated rings. The number of aliphatic hydroxyl groups excluding tert-OH is 2. The number of carbonyl (C=O) groups excluding carboxylic acids is 1. The smallest absolute Gasteiger partial charge is 0.185 e. The van der Waals surface area contributed by atoms with Gasteiger partial charge in [-0.1, -0.05) is 35.5 Å². The summed E-state index contributed by atoms with van der Waals surface area (Å²) in [6.07, 6.45) is -1.60. The number of aryl methyl sites for hydroxylation is 1. The number of aliphatic hydroxyl groups is 2. The Morgan fingerprint density at radius 2 is 2.11 bits per heavy atom. The van der Waals surface area contributed by atoms with Crippen LogP contribution in [0.4, 0.5) is 0 Å². The minimum atomic E-state index is -1.02. The minimum absolute atomic E-state index is 0.00520. The monoisotopic (exact) mass is 288 g/mol. The fourth-order valence-corrected chi connectivity index (χ4v) is 2.67. The lowest BCUT2D eigenvalue weighted by Gasteiger charge is -2.20. The molecule has 18 heavy (non-hydrogen) atoms. The van der Waals surface area contributed by atoms with E-state index in [4.69, 9.17) is 11.6 Å². The van der Waals surface area contributed by atoms with E-state index in [0.29, 0.717) is 22.8 Å². The SMILES string of the molecule is CC(=O)SCCC(O)C(O)c1c(C)cccc1Cl. The van der Waals surface area contributed by atoms with E-state index in [1.165, 1.54) is 6.92 Å². The van der Waals surface area contributed by atoms with E-state index in [1.807, 2.05) is 13.0 Å². The van der Waals surface area contributed by atoms with Crippen molar-refractivity contribution >= 4 is 28.5 Å². The van der Waals surface area contributed by atoms with Gasteiger partial charge in [0.05, 0.1) is 6.10 Å². The van der Waals surface area contributed by atoms with Crippen LogP contribution in [-0.2, 0) is 4.79 Å². The first-order valence-electron chi connectivity index (χ1n) is 5.68. The molecule has 1 aromatic carbocycles. The second-order valence-corrected chi connectivity index (χ2v) is 5.79. The molecular formula is C13H17ClO3S. The van der Waals surface area contributed by atoms with Crippen LogP contribution < -0.4 is 0 Å². The highest BCUT2D eigenvalue weighted by atomic mass is 35.5. The van der Waals surface area contributed by atoms with Crippen LogP contribution in [0.5, 0.6) is 0 Å². The third-order valence-corrected chi connectivity index (χ3v) is 3.83. The van der Waals surface area contributed by atoms with E-state index in [2.05, 4.69) is 0 Å². The zero-order valence-electron chi connectivity index (χ0n) is 10.4. The van der Waals surface area contributed by atoms with Gasteiger partial charge in [-0.2, -0.15) is 0 Å². The number of rotatable bonds is 5. The Kier molecular flexibility index (Phi) is 6.15. The Hall–Kier alpha value is -0.550. The predicted octanol–water partition coefficient (Wildman–Crippen LogP) is 2.71. The van der Waals surface area contributed by atoms with Gasteiger partial charge in [0, 0.05) is 23.3 Å². The first-order valence-corrected chi connectivity index (χ1v) is 7.04. The first kappa shape index (κ1) is 15.5. The lowest BCUT2D eigenvalue weighted by molar-refractivity contribution is -0.109. The maximum absolute atomic E-state index is 10.8. The highest BCUT2D eigenvalue weighted by molar-refractivity contribution is 8.13. The minimum Gasteiger partial charge on any atom is -0.390 e. The summed E-state index contributed by atoms with van der Waals surface area (Å²) in [6, 6.07) is 5.32. The molecule has 2 N–H and O–H groups in total. The maximum Gasteiger partial charge on any atom is 0.185 e. The second-order valence-electron chi connectivity index (χ2n) is 4.11. The number of hydrogen-bond acceptors (Lipinski definition) is 4. The summed E-state index contributed by atoms with van der Waals surface area (Å²) in [4.78, 5) is 10.8. The molecular weight excluding hydrogens is 272 g/mol. The molecule has 100 valence electrons. The van der Waals surface area contributed by atoms with Crippen LogP contribution in [0.1, 0.15) is 30.6 Å². The fourth-order valence-electron chi connectivity index (χ4n) is 1.69. The molecule has 0 saturated heterocycles. The molecule has 3 nitrogen and oxygen atoms in total. The summed E-state index contributed by atoms with van der Waals surface area (Å²) in [6.45, 7) is 3.31. The van der Waals surface area contributed by atoms with E-state index in [9.17, 15) is 15.0 Å². The van der Waals surface area contributed by atoms with Gasteiger partial charge in [0.15, 0.2) is 5.12 Å². The standard InChI is InChI=1S/C13H17ClO3S/c1-8-4-3-5-10(14)12(8)13(17)11(16)6-7-18-9(2)15/h3-5,11,13,16-17H,6-7H2,1-2H3. The van der Waals surface area contributed by atoms with Crippen LogP contribution in [0.3, 0.4) is 0 Å². The zero-order chi connectivity index (χ0) is 13.7. The third-order valence-electron chi connectivity index (χ3n) is 2.65. The molecule has 0 aromatic heterocycles. The van der Waals surface area contributed by atoms with E-state index in [-0.39, 0.29) is 5.12 Å². The van der Waals surface area contributed by atoms with Crippen LogP contribution in [-0.4, -0.2) is 27.2 Å². The number of hydrogen-bond donors (Lipinski definition) is 2. The van der Waals surface area contributed by atoms with Gasteiger partial charge in [-0.15, -0.1) is 0 Å². The summed E-state index contributed by atoms with van der Waals surface area (Å²) < 4.78 is 0. The van der Waals surface area contributed by atoms with Crippen molar-refractivity contribution in [3.63, 3.8) is 0 Å². The molecule has 0 saturated carbocycles. The molecule has 0 aliphatic heterocycles. The predicted molar refractivity (Wildman–Crippen MR) is 74.9 cm³/mol. The topological polar surface area (TPSA) is 57.5 Å². The van der Waals surface area contributed by atoms with E-state index < -0.39 is 12.2 Å². The van der Waals surface area contributed by atoms with Crippen molar-refractivity contribution in [1.29, 1.82) is 0 Å². The molecule has 0 spiro atoms. The molecule has 1 rings (SSSR count). The van der Waals surface area contributed by atoms with Crippen molar-refractivity contribution in [2.24, 2.45) is 0 Å². The molecule has 0 heterocycles. The molecule has 5 heteroatoms. The van der Waals surface area contributed by atoms with Crippen LogP contribution in [0, 0.1) is 6.92 Å². The quantitative estimate of drug-likeness (QED) is 0.875. The molecule has 2 atom stereocenters. The van der Waals surface area contributed by atoms with Gasteiger partial charge in [-0.05, 0) is 25.0 Å². The largest absolute Gasteiger partial charge is 0.390 e. The summed E-state index contributed by atoms with van der Waals surface area (Å²) in [5.41, 5.74) is 1.40. The number of thioether (sulfide) groups is 1. The van der Waals surface area contributed by atoms with Crippen molar-refractivity contribution < 1.29 is 15.0 Å². The van der Waals surface area contributed by atoms with Gasteiger partial charge >= 0.3 is 0 Å². The highest BCUT2D eigenvalue weighted by Gasteiger charge is 2.22. The zero-order valence-corrected chi connectivity index (χ0v) is 12.0. The van der Waals surface area contributed by atoms with Crippen LogP contribution in [0.2, 0.25) is 5.02 Å². The van der Waals surface area contributed by atoms with Crippen molar-refractivity contribution in [3.05, 3.63) is 34.3 Å². The summed E-state index contributed by atoms with van der Waals surface area (Å²) in [5, 5.41) is 20.4. The van der Waals surface area contributed by atoms with Gasteiger partial charge in [0.1, 0.15) is 6.10 Å². The summed E-state index contributed by atoms with van der Waals surface area (Å²) in [7, 11) is 0. The van der Waals surface area contributed by atoms with E-state index >= 15 is 0 Å². The average Bonchev–Trinajstić information content (AvgIpc) is 2.27. The maximum atomic E-state index is 10.8. The normalized spacial score (nSPS) is 14.3. The highest BCUT2D eigenvalue weighted by Crippen LogP contribution is 2.29. The van der Waals surface area contributed by atoms with Crippen molar-refractivity contribution in [3.8, 4) is 0 Å². The molecule has 1 aromatic rings. The van der Waals surface area contributed by atoms with Crippen LogP contribution >= 0.6 is 23.4 Å². The number of halogens is 1. The van der Waals surface area contributed by atoms with Gasteiger partial charge in [0.25, 0.3) is 0 Å². The van der Waals surface area contributed by atoms with Crippen molar-refractivity contribution in [2.75, 3.05) is 5.75 Å². The Balaban J connectivity index is 2.68. The van der Waals surface area contributed by atoms with E-state index in [0.717, 1.165) is 17.3 Å². The third kappa shape index (κ3) is 4.28. The van der Waals surface area contributed by atoms with Gasteiger partial charge in [0.2, 0.25) is 0 Å². The Morgan fingerprint density at radius 3 is 2.67 bits per heavy atom. The van der Waals surface area contributed by atoms with E-state index in [1.54, 1.807) is 12.1 Å². The molecule has 0 aliphatic rings. The fraction of sp³-hybridized carbons (Fsp3) is 0.462. The van der Waals surface area contributed by atoms with Crippen molar-refractivity contribution in [1.82, 2.24) is 0 Å². The lowest BCUT2D eigenvalue weighted by atomic mass is 9.98. The first-order chi connectivity index (χ1) is 8.43. The molecule has 0 aliphatic carbocycles. The number of carbonyl (C=O) groups is 1. The Labute approximate surface area is 116 Å². The number of benzene rings is 1.